The van der Waals surface area contributed by atoms with Gasteiger partial charge in [-0.15, -0.1) is 0 Å². The summed E-state index contributed by atoms with van der Waals surface area (Å²) < 4.78 is 62.4. The predicted molar refractivity (Wildman–Crippen MR) is 343 cm³/mol. The van der Waals surface area contributed by atoms with Crippen molar-refractivity contribution in [2.75, 3.05) is 60.1 Å². The zero-order valence-electron chi connectivity index (χ0n) is 51.6. The maximum Gasteiger partial charge on any atom is 0.407 e. The second-order valence-corrected chi connectivity index (χ2v) is 25.4. The number of fused-ring (bicyclic) bond motifs is 4. The highest BCUT2D eigenvalue weighted by Gasteiger charge is 2.51. The molecule has 5 unspecified atom stereocenters. The largest absolute Gasteiger partial charge is 0.497 e. The Morgan fingerprint density at radius 2 is 1.28 bits per heavy atom. The number of para-hydroxylation sites is 1. The molecule has 6 aromatic carbocycles. The van der Waals surface area contributed by atoms with Gasteiger partial charge in [0.1, 0.15) is 66.2 Å². The molecule has 0 bridgehead atoms. The third-order valence-corrected chi connectivity index (χ3v) is 19.3. The van der Waals surface area contributed by atoms with Crippen LogP contribution >= 0.6 is 20.3 Å². The summed E-state index contributed by atoms with van der Waals surface area (Å²) in [5.41, 5.74) is 6.06. The molecule has 20 heteroatoms. The van der Waals surface area contributed by atoms with Crippen molar-refractivity contribution in [3.8, 4) is 28.4 Å². The summed E-state index contributed by atoms with van der Waals surface area (Å²) >= 11 is 1.13. The summed E-state index contributed by atoms with van der Waals surface area (Å²) in [5, 5.41) is 2.73. The Labute approximate surface area is 525 Å². The van der Waals surface area contributed by atoms with Crippen LogP contribution < -0.4 is 19.5 Å². The molecule has 466 valence electrons. The summed E-state index contributed by atoms with van der Waals surface area (Å²) in [6.45, 7) is 12.1. The number of benzene rings is 6. The average Bonchev–Trinajstić information content (AvgIpc) is 1.80. The minimum Gasteiger partial charge on any atom is -0.497 e. The van der Waals surface area contributed by atoms with Gasteiger partial charge < -0.3 is 47.5 Å². The highest BCUT2D eigenvalue weighted by atomic mass is 32.2. The lowest BCUT2D eigenvalue weighted by Crippen LogP contribution is -2.42. The van der Waals surface area contributed by atoms with E-state index >= 15 is 0 Å². The van der Waals surface area contributed by atoms with Crippen LogP contribution in [0.5, 0.6) is 17.2 Å². The number of ketones is 1. The van der Waals surface area contributed by atoms with Gasteiger partial charge in [-0.2, -0.15) is 0 Å². The Hall–Kier alpha value is -7.58. The van der Waals surface area contributed by atoms with Crippen molar-refractivity contribution in [1.82, 2.24) is 29.5 Å². The van der Waals surface area contributed by atoms with Gasteiger partial charge in [-0.3, -0.25) is 14.2 Å². The molecular weight excluding hydrogens is 1170 g/mol. The maximum absolute atomic E-state index is 14.0. The van der Waals surface area contributed by atoms with E-state index < -0.39 is 50.2 Å². The zero-order chi connectivity index (χ0) is 62.7. The number of amides is 1. The van der Waals surface area contributed by atoms with Crippen molar-refractivity contribution >= 4 is 48.4 Å². The smallest absolute Gasteiger partial charge is 0.407 e. The van der Waals surface area contributed by atoms with Gasteiger partial charge in [0, 0.05) is 37.4 Å². The first kappa shape index (κ1) is 64.4. The second-order valence-electron chi connectivity index (χ2n) is 22.9. The molecule has 1 aliphatic carbocycles. The van der Waals surface area contributed by atoms with Crippen molar-refractivity contribution in [1.29, 1.82) is 0 Å². The molecule has 1 amide bonds. The zero-order valence-corrected chi connectivity index (χ0v) is 53.4. The monoisotopic (exact) mass is 1240 g/mol. The van der Waals surface area contributed by atoms with E-state index in [-0.39, 0.29) is 74.0 Å². The summed E-state index contributed by atoms with van der Waals surface area (Å²) in [7, 11) is 2.94. The number of methoxy groups -OCH3 is 3. The number of hydrogen-bond acceptors (Lipinski definition) is 17. The van der Waals surface area contributed by atoms with Crippen molar-refractivity contribution in [3.05, 3.63) is 204 Å². The van der Waals surface area contributed by atoms with Crippen molar-refractivity contribution < 1.29 is 56.6 Å². The third-order valence-electron chi connectivity index (χ3n) is 16.0. The molecule has 0 radical (unpaired) electrons. The number of Topliss-reactive ketones (excluding diaryl/α,β-unsaturated/α-hetero) is 1. The third kappa shape index (κ3) is 14.5. The van der Waals surface area contributed by atoms with E-state index in [1.165, 1.54) is 6.33 Å². The topological polar surface area (TPSA) is 193 Å². The Bertz CT molecular complexity index is 3550. The first-order valence-corrected chi connectivity index (χ1v) is 31.9. The number of nitrogens with one attached hydrogen (secondary N) is 1. The van der Waals surface area contributed by atoms with Gasteiger partial charge in [0.15, 0.2) is 22.8 Å². The standard InChI is InChI=1S/C69H77N6O12PS/c1-45(2)75(46(3)4)88(85-36-37-89-66(77)68(5,6)42-70-67(78)83-40-58-56-26-18-16-24-54(56)55-25-17-19-27-57(55)58)87-62-60(41-84-69(47-20-12-10-13-21-47,48-28-32-51(79-7)33-29-48)49-30-34-52(80-8)35-31-49)86-65(63(62)81-9)74-44-73-61-59(71-43-72-64(61)74)38-50(76)39-82-53-22-14-11-15-23-53/h10-35,43-46,58,60,62-63,65H,36-42H2,1-9H3,(H,70,78). The van der Waals surface area contributed by atoms with E-state index in [1.807, 2.05) is 121 Å². The number of imidazole rings is 1. The van der Waals surface area contributed by atoms with Crippen molar-refractivity contribution in [3.63, 3.8) is 0 Å². The molecule has 2 aliphatic rings. The molecule has 3 heterocycles. The number of alkyl carbamates (subject to hydrolysis) is 1. The summed E-state index contributed by atoms with van der Waals surface area (Å²) in [6, 6.07) is 51.0. The Morgan fingerprint density at radius 3 is 1.88 bits per heavy atom. The number of thioether (sulfide) groups is 1. The normalized spacial score (nSPS) is 17.0. The van der Waals surface area contributed by atoms with Crippen LogP contribution in [0.2, 0.25) is 0 Å². The molecule has 10 rings (SSSR count). The van der Waals surface area contributed by atoms with Crippen molar-refractivity contribution in [2.24, 2.45) is 5.41 Å². The van der Waals surface area contributed by atoms with Gasteiger partial charge >= 0.3 is 6.09 Å². The SMILES string of the molecule is COc1ccc(C(OCC2OC(n3cnc4c(CC(=O)COc5ccccc5)ncnc43)C(OC)C2OP(OCCSC(=O)C(C)(C)CNC(=O)OCC2c3ccccc3-c3ccccc32)N(C(C)C)C(C)C)(c2ccccc2)c2ccc(OC)cc2)cc1. The molecule has 0 saturated carbocycles. The van der Waals surface area contributed by atoms with Gasteiger partial charge in [0.2, 0.25) is 0 Å². The van der Waals surface area contributed by atoms with Crippen LogP contribution in [-0.2, 0) is 49.6 Å². The lowest BCUT2D eigenvalue weighted by atomic mass is 9.80. The van der Waals surface area contributed by atoms with E-state index in [0.29, 0.717) is 34.1 Å². The first-order chi connectivity index (χ1) is 43.1. The number of ether oxygens (including phenoxy) is 7. The average molecular weight is 1250 g/mol. The summed E-state index contributed by atoms with van der Waals surface area (Å²) in [4.78, 5) is 54.7. The van der Waals surface area contributed by atoms with Crippen LogP contribution in [0.1, 0.15) is 87.2 Å². The van der Waals surface area contributed by atoms with Crippen LogP contribution in [0.25, 0.3) is 22.3 Å². The van der Waals surface area contributed by atoms with Gasteiger partial charge in [0.05, 0.1) is 51.3 Å². The number of hydrogen-bond donors (Lipinski definition) is 1. The molecule has 0 spiro atoms. The molecule has 2 aromatic heterocycles. The van der Waals surface area contributed by atoms with Gasteiger partial charge in [-0.05, 0) is 103 Å². The van der Waals surface area contributed by atoms with Gasteiger partial charge in [-0.25, -0.2) is 24.4 Å². The number of nitrogens with zero attached hydrogens (tertiary/aromatic N) is 5. The summed E-state index contributed by atoms with van der Waals surface area (Å²) in [6.07, 6.45) is -1.08. The summed E-state index contributed by atoms with van der Waals surface area (Å²) in [5.74, 6) is 1.93. The van der Waals surface area contributed by atoms with E-state index in [4.69, 9.17) is 52.2 Å². The number of carbonyl (C=O) groups is 3. The van der Waals surface area contributed by atoms with Crippen LogP contribution in [0, 0.1) is 5.41 Å². The molecule has 1 fully saturated rings. The van der Waals surface area contributed by atoms with Crippen molar-refractivity contribution in [2.45, 2.75) is 96.1 Å². The fourth-order valence-electron chi connectivity index (χ4n) is 11.5. The van der Waals surface area contributed by atoms with Gasteiger partial charge in [0.25, 0.3) is 8.53 Å². The van der Waals surface area contributed by atoms with E-state index in [1.54, 1.807) is 58.2 Å². The number of aromatic nitrogens is 4. The molecule has 18 nitrogen and oxygen atoms in total. The molecule has 89 heavy (non-hydrogen) atoms. The highest BCUT2D eigenvalue weighted by molar-refractivity contribution is 8.13. The van der Waals surface area contributed by atoms with Crippen LogP contribution in [0.15, 0.2) is 170 Å². The maximum atomic E-state index is 14.0. The first-order valence-electron chi connectivity index (χ1n) is 29.8. The highest BCUT2D eigenvalue weighted by Crippen LogP contribution is 2.52. The fourth-order valence-corrected chi connectivity index (χ4v) is 14.3. The number of carbonyl (C=O) groups excluding carboxylic acids is 3. The molecule has 8 aromatic rings. The Kier molecular flexibility index (Phi) is 21.3. The Balaban J connectivity index is 0.905. The lowest BCUT2D eigenvalue weighted by molar-refractivity contribution is -0.120. The number of rotatable bonds is 29. The minimum atomic E-state index is -1.92. The molecule has 1 aliphatic heterocycles. The lowest BCUT2D eigenvalue weighted by Gasteiger charge is -2.39. The van der Waals surface area contributed by atoms with Crippen LogP contribution in [-0.4, -0.2) is 132 Å². The quantitative estimate of drug-likeness (QED) is 0.0264. The van der Waals surface area contributed by atoms with Crippen LogP contribution in [0.4, 0.5) is 4.79 Å². The molecule has 1 saturated heterocycles. The molecular formula is C69H77N6O12PS. The molecule has 1 N–H and O–H groups in total. The predicted octanol–water partition coefficient (Wildman–Crippen LogP) is 12.5. The second kappa shape index (κ2) is 29.4. The van der Waals surface area contributed by atoms with Crippen LogP contribution in [0.3, 0.4) is 0 Å². The fraction of sp³-hybridized carbons (Fsp3) is 0.362. The van der Waals surface area contributed by atoms with E-state index in [0.717, 1.165) is 50.7 Å². The minimum absolute atomic E-state index is 0.0488. The Morgan fingerprint density at radius 1 is 0.697 bits per heavy atom. The van der Waals surface area contributed by atoms with E-state index in [9.17, 15) is 14.4 Å². The van der Waals surface area contributed by atoms with E-state index in [2.05, 4.69) is 66.9 Å². The van der Waals surface area contributed by atoms with Gasteiger partial charge in [-0.1, -0.05) is 147 Å². The molecule has 5 atom stereocenters.